The number of hydrogen-bond acceptors (Lipinski definition) is 6. The molecule has 0 spiro atoms. The van der Waals surface area contributed by atoms with Crippen molar-refractivity contribution in [3.05, 3.63) is 11.4 Å². The monoisotopic (exact) mass is 295 g/mol. The zero-order valence-corrected chi connectivity index (χ0v) is 12.3. The van der Waals surface area contributed by atoms with Crippen LogP contribution in [0.4, 0.5) is 5.82 Å². The summed E-state index contributed by atoms with van der Waals surface area (Å²) < 4.78 is 0. The molecule has 0 unspecified atom stereocenters. The van der Waals surface area contributed by atoms with E-state index < -0.39 is 5.60 Å². The Bertz CT molecular complexity index is 578. The van der Waals surface area contributed by atoms with Crippen molar-refractivity contribution in [3.8, 4) is 0 Å². The number of rotatable bonds is 3. The second-order valence-corrected chi connectivity index (χ2v) is 6.94. The van der Waals surface area contributed by atoms with E-state index in [-0.39, 0.29) is 0 Å². The van der Waals surface area contributed by atoms with Gasteiger partial charge in [-0.2, -0.15) is 0 Å². The van der Waals surface area contributed by atoms with Gasteiger partial charge in [-0.3, -0.25) is 0 Å². The molecule has 1 fully saturated rings. The summed E-state index contributed by atoms with van der Waals surface area (Å²) in [6, 6.07) is 1.94. The van der Waals surface area contributed by atoms with Gasteiger partial charge in [-0.1, -0.05) is 31.0 Å². The summed E-state index contributed by atoms with van der Waals surface area (Å²) >= 11 is 3.08. The van der Waals surface area contributed by atoms with Gasteiger partial charge < -0.3 is 10.8 Å². The zero-order chi connectivity index (χ0) is 13.3. The summed E-state index contributed by atoms with van der Waals surface area (Å²) in [6.45, 7) is 0. The average Bonchev–Trinajstić information content (AvgIpc) is 2.86. The van der Waals surface area contributed by atoms with Crippen molar-refractivity contribution >= 4 is 39.1 Å². The van der Waals surface area contributed by atoms with Crippen LogP contribution in [0.25, 0.3) is 10.2 Å². The second-order valence-electron chi connectivity index (χ2n) is 5.10. The molecule has 3 N–H and O–H groups in total. The van der Waals surface area contributed by atoms with Crippen LogP contribution in [0.2, 0.25) is 0 Å². The van der Waals surface area contributed by atoms with Crippen molar-refractivity contribution in [2.24, 2.45) is 0 Å². The van der Waals surface area contributed by atoms with Gasteiger partial charge in [0.25, 0.3) is 0 Å². The maximum absolute atomic E-state index is 10.5. The highest BCUT2D eigenvalue weighted by atomic mass is 32.2. The van der Waals surface area contributed by atoms with E-state index in [1.54, 1.807) is 11.3 Å². The number of aromatic nitrogens is 2. The fourth-order valence-corrected chi connectivity index (χ4v) is 4.31. The fraction of sp³-hybridized carbons (Fsp3) is 0.538. The molecule has 1 aliphatic carbocycles. The molecule has 3 rings (SSSR count). The van der Waals surface area contributed by atoms with Crippen molar-refractivity contribution in [2.75, 3.05) is 11.5 Å². The number of nitrogens with two attached hydrogens (primary N) is 1. The molecule has 1 saturated carbocycles. The number of anilines is 1. The molecule has 2 aromatic heterocycles. The van der Waals surface area contributed by atoms with Gasteiger partial charge in [0.15, 0.2) is 5.16 Å². The van der Waals surface area contributed by atoms with Crippen LogP contribution in [-0.2, 0) is 0 Å². The highest BCUT2D eigenvalue weighted by Gasteiger charge is 2.29. The Balaban J connectivity index is 1.74. The molecular weight excluding hydrogens is 278 g/mol. The Kier molecular flexibility index (Phi) is 3.64. The molecule has 6 heteroatoms. The molecule has 0 radical (unpaired) electrons. The van der Waals surface area contributed by atoms with Crippen LogP contribution in [0.15, 0.2) is 16.6 Å². The molecule has 4 nitrogen and oxygen atoms in total. The van der Waals surface area contributed by atoms with Crippen LogP contribution >= 0.6 is 23.1 Å². The predicted octanol–water partition coefficient (Wildman–Crippen LogP) is 3.06. The number of thioether (sulfide) groups is 1. The Morgan fingerprint density at radius 3 is 2.89 bits per heavy atom. The summed E-state index contributed by atoms with van der Waals surface area (Å²) in [5.41, 5.74) is 5.37. The van der Waals surface area contributed by atoms with E-state index >= 15 is 0 Å². The molecule has 0 bridgehead atoms. The van der Waals surface area contributed by atoms with Gasteiger partial charge >= 0.3 is 0 Å². The van der Waals surface area contributed by atoms with Crippen molar-refractivity contribution in [2.45, 2.75) is 42.9 Å². The summed E-state index contributed by atoms with van der Waals surface area (Å²) in [7, 11) is 0. The van der Waals surface area contributed by atoms with Gasteiger partial charge in [-0.25, -0.2) is 9.97 Å². The van der Waals surface area contributed by atoms with E-state index in [9.17, 15) is 5.11 Å². The average molecular weight is 295 g/mol. The molecule has 102 valence electrons. The number of aliphatic hydroxyl groups is 1. The molecule has 0 atom stereocenters. The van der Waals surface area contributed by atoms with E-state index in [4.69, 9.17) is 5.73 Å². The number of nitrogen functional groups attached to an aromatic ring is 1. The Morgan fingerprint density at radius 1 is 1.32 bits per heavy atom. The maximum Gasteiger partial charge on any atom is 0.190 e. The lowest BCUT2D eigenvalue weighted by Crippen LogP contribution is -2.34. The summed E-state index contributed by atoms with van der Waals surface area (Å²) in [6.07, 6.45) is 5.24. The third-order valence-corrected chi connectivity index (χ3v) is 5.52. The third-order valence-electron chi connectivity index (χ3n) is 3.59. The second kappa shape index (κ2) is 5.26. The lowest BCUT2D eigenvalue weighted by atomic mass is 9.86. The SMILES string of the molecule is Nc1nc(SCC2(O)CCCCC2)nc2sccc12. The highest BCUT2D eigenvalue weighted by molar-refractivity contribution is 7.99. The van der Waals surface area contributed by atoms with Gasteiger partial charge in [0, 0.05) is 5.75 Å². The summed E-state index contributed by atoms with van der Waals surface area (Å²) in [4.78, 5) is 9.73. The molecular formula is C13H17N3OS2. The van der Waals surface area contributed by atoms with E-state index in [2.05, 4.69) is 9.97 Å². The Morgan fingerprint density at radius 2 is 2.11 bits per heavy atom. The number of fused-ring (bicyclic) bond motifs is 1. The molecule has 2 aromatic rings. The van der Waals surface area contributed by atoms with Crippen LogP contribution < -0.4 is 5.73 Å². The molecule has 2 heterocycles. The molecule has 0 aliphatic heterocycles. The van der Waals surface area contributed by atoms with Crippen LogP contribution in [0.1, 0.15) is 32.1 Å². The quantitative estimate of drug-likeness (QED) is 0.672. The third kappa shape index (κ3) is 2.85. The fourth-order valence-electron chi connectivity index (χ4n) is 2.48. The predicted molar refractivity (Wildman–Crippen MR) is 80.6 cm³/mol. The molecule has 19 heavy (non-hydrogen) atoms. The normalized spacial score (nSPS) is 18.8. The maximum atomic E-state index is 10.5. The minimum Gasteiger partial charge on any atom is -0.389 e. The minimum absolute atomic E-state index is 0.532. The summed E-state index contributed by atoms with van der Waals surface area (Å²) in [5.74, 6) is 1.19. The van der Waals surface area contributed by atoms with Gasteiger partial charge in [0.1, 0.15) is 10.6 Å². The molecule has 0 amide bonds. The van der Waals surface area contributed by atoms with Crippen LogP contribution in [0, 0.1) is 0 Å². The van der Waals surface area contributed by atoms with Gasteiger partial charge in [-0.05, 0) is 24.3 Å². The summed E-state index contributed by atoms with van der Waals surface area (Å²) in [5, 5.41) is 14.0. The van der Waals surface area contributed by atoms with E-state index in [0.29, 0.717) is 16.7 Å². The van der Waals surface area contributed by atoms with Crippen molar-refractivity contribution < 1.29 is 5.11 Å². The Labute approximate surface area is 120 Å². The van der Waals surface area contributed by atoms with E-state index in [1.807, 2.05) is 11.4 Å². The number of hydrogen-bond donors (Lipinski definition) is 2. The number of nitrogens with zero attached hydrogens (tertiary/aromatic N) is 2. The lowest BCUT2D eigenvalue weighted by molar-refractivity contribution is 0.0272. The van der Waals surface area contributed by atoms with Crippen molar-refractivity contribution in [1.82, 2.24) is 9.97 Å². The first kappa shape index (κ1) is 13.1. The number of thiophene rings is 1. The van der Waals surface area contributed by atoms with Crippen LogP contribution in [-0.4, -0.2) is 26.4 Å². The minimum atomic E-state index is -0.550. The molecule has 0 saturated heterocycles. The van der Waals surface area contributed by atoms with E-state index in [1.165, 1.54) is 18.2 Å². The zero-order valence-electron chi connectivity index (χ0n) is 10.6. The highest BCUT2D eigenvalue weighted by Crippen LogP contribution is 2.33. The largest absolute Gasteiger partial charge is 0.389 e. The smallest absolute Gasteiger partial charge is 0.190 e. The first-order valence-electron chi connectivity index (χ1n) is 6.52. The van der Waals surface area contributed by atoms with Crippen molar-refractivity contribution in [3.63, 3.8) is 0 Å². The lowest BCUT2D eigenvalue weighted by Gasteiger charge is -2.31. The van der Waals surface area contributed by atoms with Gasteiger partial charge in [0.05, 0.1) is 11.0 Å². The molecule has 1 aliphatic rings. The van der Waals surface area contributed by atoms with Crippen molar-refractivity contribution in [1.29, 1.82) is 0 Å². The topological polar surface area (TPSA) is 72.0 Å². The van der Waals surface area contributed by atoms with Crippen LogP contribution in [0.5, 0.6) is 0 Å². The standard InChI is InChI=1S/C13H17N3OS2/c14-10-9-4-7-18-11(9)16-12(15-10)19-8-13(17)5-2-1-3-6-13/h4,7,17H,1-3,5-6,8H2,(H2,14,15,16). The Hall–Kier alpha value is -0.850. The first-order chi connectivity index (χ1) is 9.16. The van der Waals surface area contributed by atoms with Gasteiger partial charge in [0.2, 0.25) is 0 Å². The molecule has 0 aromatic carbocycles. The van der Waals surface area contributed by atoms with Gasteiger partial charge in [-0.15, -0.1) is 11.3 Å². The first-order valence-corrected chi connectivity index (χ1v) is 8.39. The van der Waals surface area contributed by atoms with Crippen LogP contribution in [0.3, 0.4) is 0 Å². The van der Waals surface area contributed by atoms with E-state index in [0.717, 1.165) is 35.9 Å².